The number of carbonyl (C=O) groups excluding carboxylic acids is 1. The molecule has 1 unspecified atom stereocenters. The average molecular weight is 384 g/mol. The van der Waals surface area contributed by atoms with Gasteiger partial charge in [-0.2, -0.15) is 5.26 Å². The minimum atomic E-state index is -0.984. The van der Waals surface area contributed by atoms with Gasteiger partial charge in [0.05, 0.1) is 17.7 Å². The summed E-state index contributed by atoms with van der Waals surface area (Å²) >= 11 is 0. The van der Waals surface area contributed by atoms with Gasteiger partial charge in [0.2, 0.25) is 5.91 Å². The van der Waals surface area contributed by atoms with Crippen molar-refractivity contribution in [1.29, 1.82) is 5.26 Å². The summed E-state index contributed by atoms with van der Waals surface area (Å²) in [6.45, 7) is 5.73. The summed E-state index contributed by atoms with van der Waals surface area (Å²) in [5, 5.41) is 11.5. The molecule has 3 rings (SSSR count). The molecule has 1 heterocycles. The first kappa shape index (κ1) is 19.9. The molecule has 2 aromatic carbocycles. The van der Waals surface area contributed by atoms with E-state index in [2.05, 4.69) is 21.2 Å². The van der Waals surface area contributed by atoms with E-state index in [0.29, 0.717) is 5.56 Å². The van der Waals surface area contributed by atoms with Gasteiger partial charge in [-0.25, -0.2) is 8.78 Å². The van der Waals surface area contributed by atoms with Crippen molar-refractivity contribution in [3.05, 3.63) is 65.2 Å². The highest BCUT2D eigenvalue weighted by Crippen LogP contribution is 2.16. The average Bonchev–Trinajstić information content (AvgIpc) is 2.71. The topological polar surface area (TPSA) is 59.4 Å². The number of amides is 1. The van der Waals surface area contributed by atoms with Crippen LogP contribution in [0, 0.1) is 23.0 Å². The Balaban J connectivity index is 1.49. The van der Waals surface area contributed by atoms with Crippen LogP contribution in [0.4, 0.5) is 14.5 Å². The zero-order valence-corrected chi connectivity index (χ0v) is 15.7. The molecule has 0 radical (unpaired) electrons. The van der Waals surface area contributed by atoms with Crippen LogP contribution in [0.25, 0.3) is 0 Å². The normalized spacial score (nSPS) is 16.4. The van der Waals surface area contributed by atoms with Crippen LogP contribution in [0.1, 0.15) is 18.1 Å². The number of rotatable bonds is 5. The SMILES string of the molecule is CC(C(=O)Nc1ccc(F)c(F)c1)N1CCN(Cc2ccc(C#N)cc2)CC1. The van der Waals surface area contributed by atoms with Crippen LogP contribution in [0.3, 0.4) is 0 Å². The molecule has 5 nitrogen and oxygen atoms in total. The molecule has 1 N–H and O–H groups in total. The Kier molecular flexibility index (Phi) is 6.34. The van der Waals surface area contributed by atoms with Gasteiger partial charge in [-0.3, -0.25) is 14.6 Å². The van der Waals surface area contributed by atoms with E-state index in [1.165, 1.54) is 6.07 Å². The van der Waals surface area contributed by atoms with E-state index in [0.717, 1.165) is 50.4 Å². The lowest BCUT2D eigenvalue weighted by atomic mass is 10.1. The fourth-order valence-electron chi connectivity index (χ4n) is 3.24. The predicted molar refractivity (Wildman–Crippen MR) is 102 cm³/mol. The molecule has 1 saturated heterocycles. The third kappa shape index (κ3) is 4.91. The Labute approximate surface area is 163 Å². The second kappa shape index (κ2) is 8.91. The number of nitriles is 1. The fraction of sp³-hybridized carbons (Fsp3) is 0.333. The Bertz CT molecular complexity index is 871. The predicted octanol–water partition coefficient (Wildman–Crippen LogP) is 2.98. The van der Waals surface area contributed by atoms with Crippen molar-refractivity contribution in [3.8, 4) is 6.07 Å². The van der Waals surface area contributed by atoms with E-state index in [4.69, 9.17) is 5.26 Å². The maximum atomic E-state index is 13.3. The van der Waals surface area contributed by atoms with Crippen LogP contribution in [-0.2, 0) is 11.3 Å². The van der Waals surface area contributed by atoms with Crippen LogP contribution < -0.4 is 5.32 Å². The first-order valence-corrected chi connectivity index (χ1v) is 9.17. The fourth-order valence-corrected chi connectivity index (χ4v) is 3.24. The van der Waals surface area contributed by atoms with Gasteiger partial charge in [0.15, 0.2) is 11.6 Å². The third-order valence-corrected chi connectivity index (χ3v) is 5.01. The zero-order chi connectivity index (χ0) is 20.1. The van der Waals surface area contributed by atoms with Gasteiger partial charge >= 0.3 is 0 Å². The van der Waals surface area contributed by atoms with Crippen molar-refractivity contribution < 1.29 is 13.6 Å². The number of nitrogens with one attached hydrogen (secondary N) is 1. The van der Waals surface area contributed by atoms with Crippen LogP contribution in [0.5, 0.6) is 0 Å². The molecule has 7 heteroatoms. The van der Waals surface area contributed by atoms with Crippen LogP contribution >= 0.6 is 0 Å². The van der Waals surface area contributed by atoms with Gasteiger partial charge in [0.25, 0.3) is 0 Å². The summed E-state index contributed by atoms with van der Waals surface area (Å²) in [5.74, 6) is -2.17. The van der Waals surface area contributed by atoms with Gasteiger partial charge in [-0.1, -0.05) is 12.1 Å². The molecule has 1 fully saturated rings. The molecule has 2 aromatic rings. The van der Waals surface area contributed by atoms with Crippen molar-refractivity contribution >= 4 is 11.6 Å². The number of hydrogen-bond donors (Lipinski definition) is 1. The second-order valence-corrected chi connectivity index (χ2v) is 6.91. The first-order chi connectivity index (χ1) is 13.5. The summed E-state index contributed by atoms with van der Waals surface area (Å²) in [6, 6.07) is 12.6. The lowest BCUT2D eigenvalue weighted by Gasteiger charge is -2.37. The van der Waals surface area contributed by atoms with Gasteiger partial charge in [0, 0.05) is 44.5 Å². The molecule has 1 amide bonds. The Morgan fingerprint density at radius 2 is 1.79 bits per heavy atom. The van der Waals surface area contributed by atoms with E-state index in [-0.39, 0.29) is 17.6 Å². The molecule has 1 aliphatic heterocycles. The largest absolute Gasteiger partial charge is 0.325 e. The van der Waals surface area contributed by atoms with E-state index in [1.807, 2.05) is 31.2 Å². The minimum Gasteiger partial charge on any atom is -0.325 e. The maximum Gasteiger partial charge on any atom is 0.241 e. The smallest absolute Gasteiger partial charge is 0.241 e. The van der Waals surface area contributed by atoms with Gasteiger partial charge in [-0.05, 0) is 36.8 Å². The van der Waals surface area contributed by atoms with E-state index < -0.39 is 11.6 Å². The minimum absolute atomic E-state index is 0.244. The second-order valence-electron chi connectivity index (χ2n) is 6.91. The molecule has 0 aliphatic carbocycles. The molecule has 0 aromatic heterocycles. The standard InChI is InChI=1S/C21H22F2N4O/c1-15(21(28)25-18-6-7-19(22)20(23)12-18)27-10-8-26(9-11-27)14-17-4-2-16(13-24)3-5-17/h2-7,12,15H,8-11,14H2,1H3,(H,25,28). The molecule has 0 spiro atoms. The highest BCUT2D eigenvalue weighted by Gasteiger charge is 2.25. The van der Waals surface area contributed by atoms with Crippen molar-refractivity contribution in [2.75, 3.05) is 31.5 Å². The monoisotopic (exact) mass is 384 g/mol. The summed E-state index contributed by atoms with van der Waals surface area (Å²) in [5.41, 5.74) is 2.04. The molecule has 1 aliphatic rings. The van der Waals surface area contributed by atoms with Crippen molar-refractivity contribution in [1.82, 2.24) is 9.80 Å². The quantitative estimate of drug-likeness (QED) is 0.861. The number of piperazine rings is 1. The summed E-state index contributed by atoms with van der Waals surface area (Å²) < 4.78 is 26.3. The zero-order valence-electron chi connectivity index (χ0n) is 15.7. The maximum absolute atomic E-state index is 13.3. The number of anilines is 1. The van der Waals surface area contributed by atoms with Gasteiger partial charge in [0.1, 0.15) is 0 Å². The van der Waals surface area contributed by atoms with E-state index >= 15 is 0 Å². The number of carbonyl (C=O) groups is 1. The number of nitrogens with zero attached hydrogens (tertiary/aromatic N) is 3. The highest BCUT2D eigenvalue weighted by atomic mass is 19.2. The third-order valence-electron chi connectivity index (χ3n) is 5.01. The lowest BCUT2D eigenvalue weighted by molar-refractivity contribution is -0.121. The van der Waals surface area contributed by atoms with E-state index in [9.17, 15) is 13.6 Å². The van der Waals surface area contributed by atoms with Crippen molar-refractivity contribution in [3.63, 3.8) is 0 Å². The molecule has 1 atom stereocenters. The molecular formula is C21H22F2N4O. The van der Waals surface area contributed by atoms with Crippen molar-refractivity contribution in [2.24, 2.45) is 0 Å². The van der Waals surface area contributed by atoms with E-state index in [1.54, 1.807) is 0 Å². The summed E-state index contributed by atoms with van der Waals surface area (Å²) in [4.78, 5) is 16.8. The molecule has 0 bridgehead atoms. The Morgan fingerprint density at radius 3 is 2.39 bits per heavy atom. The summed E-state index contributed by atoms with van der Waals surface area (Å²) in [7, 11) is 0. The van der Waals surface area contributed by atoms with Crippen LogP contribution in [-0.4, -0.2) is 47.9 Å². The number of hydrogen-bond acceptors (Lipinski definition) is 4. The van der Waals surface area contributed by atoms with Gasteiger partial charge < -0.3 is 5.32 Å². The Morgan fingerprint density at radius 1 is 1.11 bits per heavy atom. The molecule has 28 heavy (non-hydrogen) atoms. The lowest BCUT2D eigenvalue weighted by Crippen LogP contribution is -2.52. The summed E-state index contributed by atoms with van der Waals surface area (Å²) in [6.07, 6.45) is 0. The molecular weight excluding hydrogens is 362 g/mol. The highest BCUT2D eigenvalue weighted by molar-refractivity contribution is 5.94. The van der Waals surface area contributed by atoms with Gasteiger partial charge in [-0.15, -0.1) is 0 Å². The van der Waals surface area contributed by atoms with Crippen LogP contribution in [0.15, 0.2) is 42.5 Å². The Hall–Kier alpha value is -2.82. The van der Waals surface area contributed by atoms with Crippen molar-refractivity contribution in [2.45, 2.75) is 19.5 Å². The molecule has 146 valence electrons. The number of halogens is 2. The first-order valence-electron chi connectivity index (χ1n) is 9.17. The number of benzene rings is 2. The molecule has 0 saturated carbocycles. The van der Waals surface area contributed by atoms with Crippen LogP contribution in [0.2, 0.25) is 0 Å².